The molecule has 1 fully saturated rings. The Kier molecular flexibility index (Phi) is 2.58. The van der Waals surface area contributed by atoms with Gasteiger partial charge in [-0.1, -0.05) is 12.1 Å². The van der Waals surface area contributed by atoms with Gasteiger partial charge in [-0.15, -0.1) is 0 Å². The van der Waals surface area contributed by atoms with Crippen LogP contribution in [0.2, 0.25) is 0 Å². The summed E-state index contributed by atoms with van der Waals surface area (Å²) in [4.78, 5) is 4.19. The SMILES string of the molecule is c1cc2ccc(C3CCNCC3)cc2cn1. The summed E-state index contributed by atoms with van der Waals surface area (Å²) in [7, 11) is 0. The minimum Gasteiger partial charge on any atom is -0.317 e. The largest absolute Gasteiger partial charge is 0.317 e. The summed E-state index contributed by atoms with van der Waals surface area (Å²) < 4.78 is 0. The topological polar surface area (TPSA) is 24.9 Å². The summed E-state index contributed by atoms with van der Waals surface area (Å²) in [5.74, 6) is 0.728. The van der Waals surface area contributed by atoms with Crippen molar-refractivity contribution >= 4 is 10.8 Å². The van der Waals surface area contributed by atoms with Crippen LogP contribution < -0.4 is 5.32 Å². The lowest BCUT2D eigenvalue weighted by molar-refractivity contribution is 0.460. The number of nitrogens with zero attached hydrogens (tertiary/aromatic N) is 1. The molecule has 2 aromatic rings. The molecule has 0 unspecified atom stereocenters. The molecule has 1 aliphatic heterocycles. The van der Waals surface area contributed by atoms with Crippen LogP contribution in [0.15, 0.2) is 36.7 Å². The molecular formula is C14H16N2. The molecule has 0 saturated carbocycles. The number of pyridine rings is 1. The molecule has 82 valence electrons. The predicted molar refractivity (Wildman–Crippen MR) is 66.6 cm³/mol. The highest BCUT2D eigenvalue weighted by atomic mass is 14.9. The summed E-state index contributed by atoms with van der Waals surface area (Å²) in [6.45, 7) is 2.30. The van der Waals surface area contributed by atoms with Gasteiger partial charge in [-0.2, -0.15) is 0 Å². The lowest BCUT2D eigenvalue weighted by Crippen LogP contribution is -2.26. The molecule has 2 heteroatoms. The summed E-state index contributed by atoms with van der Waals surface area (Å²) in [6, 6.07) is 8.87. The van der Waals surface area contributed by atoms with Gasteiger partial charge in [0.05, 0.1) is 0 Å². The Hall–Kier alpha value is -1.41. The molecule has 1 aliphatic rings. The monoisotopic (exact) mass is 212 g/mol. The van der Waals surface area contributed by atoms with Gasteiger partial charge in [-0.3, -0.25) is 4.98 Å². The lowest BCUT2D eigenvalue weighted by Gasteiger charge is -2.23. The highest BCUT2D eigenvalue weighted by Crippen LogP contribution is 2.27. The van der Waals surface area contributed by atoms with E-state index in [-0.39, 0.29) is 0 Å². The highest BCUT2D eigenvalue weighted by Gasteiger charge is 2.14. The molecular weight excluding hydrogens is 196 g/mol. The maximum atomic E-state index is 4.19. The fourth-order valence-electron chi connectivity index (χ4n) is 2.51. The second kappa shape index (κ2) is 4.22. The molecule has 0 bridgehead atoms. The molecule has 0 aliphatic carbocycles. The average molecular weight is 212 g/mol. The van der Waals surface area contributed by atoms with Crippen LogP contribution in [-0.4, -0.2) is 18.1 Å². The zero-order chi connectivity index (χ0) is 10.8. The molecule has 1 aromatic carbocycles. The molecule has 1 aromatic heterocycles. The molecule has 1 N–H and O–H groups in total. The summed E-state index contributed by atoms with van der Waals surface area (Å²) >= 11 is 0. The highest BCUT2D eigenvalue weighted by molar-refractivity contribution is 5.82. The Bertz CT molecular complexity index is 487. The van der Waals surface area contributed by atoms with E-state index in [0.29, 0.717) is 0 Å². The molecule has 0 spiro atoms. The van der Waals surface area contributed by atoms with Gasteiger partial charge in [0.25, 0.3) is 0 Å². The van der Waals surface area contributed by atoms with E-state index in [9.17, 15) is 0 Å². The van der Waals surface area contributed by atoms with E-state index in [1.807, 2.05) is 12.4 Å². The van der Waals surface area contributed by atoms with Crippen LogP contribution in [0.1, 0.15) is 24.3 Å². The fraction of sp³-hybridized carbons (Fsp3) is 0.357. The second-order valence-corrected chi connectivity index (χ2v) is 4.51. The number of rotatable bonds is 1. The van der Waals surface area contributed by atoms with Crippen molar-refractivity contribution in [1.82, 2.24) is 10.3 Å². The molecule has 1 saturated heterocycles. The van der Waals surface area contributed by atoms with Crippen molar-refractivity contribution in [2.75, 3.05) is 13.1 Å². The maximum Gasteiger partial charge on any atom is 0.0346 e. The first kappa shape index (κ1) is 9.79. The summed E-state index contributed by atoms with van der Waals surface area (Å²) in [5.41, 5.74) is 1.47. The van der Waals surface area contributed by atoms with Crippen molar-refractivity contribution in [3.8, 4) is 0 Å². The smallest absolute Gasteiger partial charge is 0.0346 e. The van der Waals surface area contributed by atoms with E-state index in [1.54, 1.807) is 0 Å². The van der Waals surface area contributed by atoms with Crippen LogP contribution in [0.4, 0.5) is 0 Å². The van der Waals surface area contributed by atoms with E-state index in [2.05, 4.69) is 34.6 Å². The van der Waals surface area contributed by atoms with Gasteiger partial charge < -0.3 is 5.32 Å². The zero-order valence-corrected chi connectivity index (χ0v) is 9.32. The van der Waals surface area contributed by atoms with Gasteiger partial charge in [0, 0.05) is 17.8 Å². The zero-order valence-electron chi connectivity index (χ0n) is 9.32. The molecule has 0 atom stereocenters. The van der Waals surface area contributed by atoms with Crippen LogP contribution in [0, 0.1) is 0 Å². The third-order valence-electron chi connectivity index (χ3n) is 3.48. The summed E-state index contributed by atoms with van der Waals surface area (Å²) in [5, 5.41) is 5.96. The quantitative estimate of drug-likeness (QED) is 0.786. The van der Waals surface area contributed by atoms with Gasteiger partial charge >= 0.3 is 0 Å². The van der Waals surface area contributed by atoms with Crippen LogP contribution in [0.25, 0.3) is 10.8 Å². The second-order valence-electron chi connectivity index (χ2n) is 4.51. The van der Waals surface area contributed by atoms with E-state index in [4.69, 9.17) is 0 Å². The van der Waals surface area contributed by atoms with Crippen LogP contribution in [0.3, 0.4) is 0 Å². The molecule has 2 nitrogen and oxygen atoms in total. The molecule has 3 rings (SSSR count). The Balaban J connectivity index is 1.97. The number of hydrogen-bond donors (Lipinski definition) is 1. The van der Waals surface area contributed by atoms with Crippen LogP contribution in [0.5, 0.6) is 0 Å². The number of fused-ring (bicyclic) bond motifs is 1. The van der Waals surface area contributed by atoms with Gasteiger partial charge in [-0.25, -0.2) is 0 Å². The minimum absolute atomic E-state index is 0.728. The van der Waals surface area contributed by atoms with Gasteiger partial charge in [-0.05, 0) is 54.9 Å². The third kappa shape index (κ3) is 1.81. The lowest BCUT2D eigenvalue weighted by atomic mass is 9.89. The van der Waals surface area contributed by atoms with E-state index >= 15 is 0 Å². The van der Waals surface area contributed by atoms with Crippen molar-refractivity contribution in [3.05, 3.63) is 42.2 Å². The molecule has 0 radical (unpaired) electrons. The van der Waals surface area contributed by atoms with E-state index in [0.717, 1.165) is 19.0 Å². The number of piperidine rings is 1. The van der Waals surface area contributed by atoms with Gasteiger partial charge in [0.1, 0.15) is 0 Å². The minimum atomic E-state index is 0.728. The number of aromatic nitrogens is 1. The molecule has 16 heavy (non-hydrogen) atoms. The Morgan fingerprint density at radius 2 is 1.94 bits per heavy atom. The van der Waals surface area contributed by atoms with Crippen LogP contribution >= 0.6 is 0 Å². The Morgan fingerprint density at radius 3 is 2.81 bits per heavy atom. The number of hydrogen-bond acceptors (Lipinski definition) is 2. The standard InChI is InChI=1S/C14H16N2/c1-2-13(12-3-6-15-7-4-12)9-14-10-16-8-5-11(1)14/h1-2,5,8-10,12,15H,3-4,6-7H2. The van der Waals surface area contributed by atoms with Crippen LogP contribution in [-0.2, 0) is 0 Å². The summed E-state index contributed by atoms with van der Waals surface area (Å²) in [6.07, 6.45) is 6.32. The predicted octanol–water partition coefficient (Wildman–Crippen LogP) is 2.70. The van der Waals surface area contributed by atoms with Crippen molar-refractivity contribution in [1.29, 1.82) is 0 Å². The number of benzene rings is 1. The Labute approximate surface area is 95.7 Å². The average Bonchev–Trinajstić information content (AvgIpc) is 2.39. The van der Waals surface area contributed by atoms with Crippen molar-refractivity contribution in [2.24, 2.45) is 0 Å². The molecule has 0 amide bonds. The van der Waals surface area contributed by atoms with Gasteiger partial charge in [0.15, 0.2) is 0 Å². The Morgan fingerprint density at radius 1 is 1.06 bits per heavy atom. The van der Waals surface area contributed by atoms with Gasteiger partial charge in [0.2, 0.25) is 0 Å². The van der Waals surface area contributed by atoms with E-state index < -0.39 is 0 Å². The first-order valence-electron chi connectivity index (χ1n) is 5.98. The van der Waals surface area contributed by atoms with Crippen molar-refractivity contribution < 1.29 is 0 Å². The van der Waals surface area contributed by atoms with Crippen molar-refractivity contribution in [2.45, 2.75) is 18.8 Å². The van der Waals surface area contributed by atoms with Crippen molar-refractivity contribution in [3.63, 3.8) is 0 Å². The van der Waals surface area contributed by atoms with E-state index in [1.165, 1.54) is 29.2 Å². The first-order chi connectivity index (χ1) is 7.93. The fourth-order valence-corrected chi connectivity index (χ4v) is 2.51. The third-order valence-corrected chi connectivity index (χ3v) is 3.48. The molecule has 2 heterocycles. The maximum absolute atomic E-state index is 4.19. The first-order valence-corrected chi connectivity index (χ1v) is 5.98. The normalized spacial score (nSPS) is 17.8. The number of nitrogens with one attached hydrogen (secondary N) is 1.